The van der Waals surface area contributed by atoms with Crippen LogP contribution in [-0.4, -0.2) is 0 Å². The summed E-state index contributed by atoms with van der Waals surface area (Å²) in [5.41, 5.74) is 0. The smallest absolute Gasteiger partial charge is 0.0277 e. The minimum absolute atomic E-state index is 0.646. The first kappa shape index (κ1) is 7.42. The van der Waals surface area contributed by atoms with Gasteiger partial charge in [0.05, 0.1) is 0 Å². The lowest BCUT2D eigenvalue weighted by atomic mass is 10.4. The fourth-order valence-corrected chi connectivity index (χ4v) is 0.230. The van der Waals surface area contributed by atoms with Crippen molar-refractivity contribution in [1.82, 2.24) is 0 Å². The molecule has 9 heavy (non-hydrogen) atoms. The van der Waals surface area contributed by atoms with Gasteiger partial charge in [0, 0.05) is 6.42 Å². The molecule has 0 fully saturated rings. The van der Waals surface area contributed by atoms with E-state index in [1.54, 1.807) is 6.08 Å². The minimum atomic E-state index is 0.646. The minimum Gasteiger partial charge on any atom is -0.102 e. The van der Waals surface area contributed by atoms with Crippen LogP contribution in [0.3, 0.4) is 0 Å². The molecule has 0 aliphatic heterocycles. The van der Waals surface area contributed by atoms with Crippen molar-refractivity contribution >= 4 is 0 Å². The Kier molecular flexibility index (Phi) is 5.29. The standard InChI is InChI=1S/C9H5/c1-3-5-7-9-8-6-4-2/h3H,1,5H2. The lowest BCUT2D eigenvalue weighted by Crippen LogP contribution is -1.54. The average molecular weight is 113 g/mol. The van der Waals surface area contributed by atoms with E-state index in [2.05, 4.69) is 30.3 Å². The van der Waals surface area contributed by atoms with Gasteiger partial charge in [-0.3, -0.25) is 0 Å². The zero-order valence-corrected chi connectivity index (χ0v) is 4.99. The molecule has 0 heterocycles. The Hall–Kier alpha value is -1.58. The normalized spacial score (nSPS) is 4.78. The first-order valence-electron chi connectivity index (χ1n) is 2.42. The van der Waals surface area contributed by atoms with Gasteiger partial charge in [0.15, 0.2) is 0 Å². The summed E-state index contributed by atoms with van der Waals surface area (Å²) in [6.45, 7) is 3.48. The van der Waals surface area contributed by atoms with E-state index in [4.69, 9.17) is 6.42 Å². The zero-order valence-electron chi connectivity index (χ0n) is 4.99. The van der Waals surface area contributed by atoms with Crippen molar-refractivity contribution in [1.29, 1.82) is 0 Å². The van der Waals surface area contributed by atoms with Gasteiger partial charge in [-0.15, -0.1) is 6.58 Å². The molecule has 0 atom stereocenters. The second-order valence-corrected chi connectivity index (χ2v) is 1.17. The molecule has 0 aromatic carbocycles. The molecule has 0 aliphatic rings. The molecule has 0 aromatic rings. The van der Waals surface area contributed by atoms with E-state index in [-0.39, 0.29) is 0 Å². The van der Waals surface area contributed by atoms with Crippen molar-refractivity contribution in [2.45, 2.75) is 6.42 Å². The Balaban J connectivity index is 3.64. The third-order valence-corrected chi connectivity index (χ3v) is 0.522. The Bertz CT molecular complexity index is 229. The molecule has 0 unspecified atom stereocenters. The summed E-state index contributed by atoms with van der Waals surface area (Å²) in [6.07, 6.45) is 8.71. The Morgan fingerprint density at radius 2 is 2.11 bits per heavy atom. The van der Waals surface area contributed by atoms with Gasteiger partial charge in [0.25, 0.3) is 0 Å². The average Bonchev–Trinajstić information content (AvgIpc) is 1.89. The van der Waals surface area contributed by atoms with Crippen LogP contribution in [0, 0.1) is 36.0 Å². The van der Waals surface area contributed by atoms with Crippen LogP contribution >= 0.6 is 0 Å². The summed E-state index contributed by atoms with van der Waals surface area (Å²) in [4.78, 5) is 0. The topological polar surface area (TPSA) is 0 Å². The molecular formula is C9H5. The maximum atomic E-state index is 6.37. The van der Waals surface area contributed by atoms with E-state index in [1.807, 2.05) is 5.92 Å². The number of hydrogen-bond acceptors (Lipinski definition) is 0. The summed E-state index contributed by atoms with van der Waals surface area (Å²) < 4.78 is 0. The first-order valence-corrected chi connectivity index (χ1v) is 2.42. The zero-order chi connectivity index (χ0) is 6.95. The lowest BCUT2D eigenvalue weighted by Gasteiger charge is -1.64. The van der Waals surface area contributed by atoms with Gasteiger partial charge in [-0.2, -0.15) is 0 Å². The van der Waals surface area contributed by atoms with Crippen molar-refractivity contribution < 1.29 is 0 Å². The van der Waals surface area contributed by atoms with Crippen molar-refractivity contribution in [2.75, 3.05) is 0 Å². The Labute approximate surface area is 56.0 Å². The highest BCUT2D eigenvalue weighted by Gasteiger charge is 1.58. The fourth-order valence-electron chi connectivity index (χ4n) is 0.230. The van der Waals surface area contributed by atoms with Crippen molar-refractivity contribution in [3.63, 3.8) is 0 Å². The molecule has 0 saturated heterocycles. The van der Waals surface area contributed by atoms with Gasteiger partial charge in [0.2, 0.25) is 0 Å². The monoisotopic (exact) mass is 113 g/mol. The van der Waals surface area contributed by atoms with Crippen LogP contribution < -0.4 is 0 Å². The number of rotatable bonds is 1. The van der Waals surface area contributed by atoms with E-state index in [1.165, 1.54) is 0 Å². The number of allylic oxidation sites excluding steroid dienone is 1. The van der Waals surface area contributed by atoms with Gasteiger partial charge in [-0.05, 0) is 30.1 Å². The van der Waals surface area contributed by atoms with E-state index < -0.39 is 0 Å². The third kappa shape index (κ3) is 6.42. The predicted molar refractivity (Wildman–Crippen MR) is 37.5 cm³/mol. The van der Waals surface area contributed by atoms with E-state index in [0.29, 0.717) is 6.42 Å². The van der Waals surface area contributed by atoms with Gasteiger partial charge >= 0.3 is 0 Å². The van der Waals surface area contributed by atoms with Gasteiger partial charge in [-0.25, -0.2) is 0 Å². The van der Waals surface area contributed by atoms with Crippen LogP contribution in [-0.2, 0) is 0 Å². The van der Waals surface area contributed by atoms with Crippen molar-refractivity contribution in [3.8, 4) is 29.6 Å². The molecule has 0 saturated carbocycles. The first-order chi connectivity index (χ1) is 4.41. The van der Waals surface area contributed by atoms with Crippen molar-refractivity contribution in [3.05, 3.63) is 19.1 Å². The van der Waals surface area contributed by atoms with Crippen LogP contribution in [0.4, 0.5) is 0 Å². The largest absolute Gasteiger partial charge is 0.102 e. The Morgan fingerprint density at radius 3 is 2.67 bits per heavy atom. The van der Waals surface area contributed by atoms with Crippen LogP contribution in [0.25, 0.3) is 0 Å². The molecule has 0 aliphatic carbocycles. The third-order valence-electron chi connectivity index (χ3n) is 0.522. The summed E-state index contributed by atoms with van der Waals surface area (Å²) in [5.74, 6) is 11.8. The summed E-state index contributed by atoms with van der Waals surface area (Å²) >= 11 is 0. The molecule has 0 amide bonds. The molecule has 0 heteroatoms. The van der Waals surface area contributed by atoms with E-state index in [0.717, 1.165) is 0 Å². The summed E-state index contributed by atoms with van der Waals surface area (Å²) in [7, 11) is 0. The highest BCUT2D eigenvalue weighted by molar-refractivity contribution is 5.32. The van der Waals surface area contributed by atoms with Gasteiger partial charge in [0.1, 0.15) is 0 Å². The molecule has 0 bridgehead atoms. The maximum absolute atomic E-state index is 6.37. The molecule has 0 N–H and O–H groups in total. The Morgan fingerprint density at radius 1 is 1.33 bits per heavy atom. The molecule has 0 rings (SSSR count). The van der Waals surface area contributed by atoms with Gasteiger partial charge in [-0.1, -0.05) is 12.0 Å². The van der Waals surface area contributed by atoms with Crippen molar-refractivity contribution in [2.24, 2.45) is 0 Å². The quantitative estimate of drug-likeness (QED) is 0.353. The van der Waals surface area contributed by atoms with Crippen LogP contribution in [0.2, 0.25) is 0 Å². The molecular weight excluding hydrogens is 108 g/mol. The summed E-state index contributed by atoms with van der Waals surface area (Å²) in [6, 6.07) is 0. The molecule has 0 spiro atoms. The highest BCUT2D eigenvalue weighted by Crippen LogP contribution is 1.70. The summed E-state index contributed by atoms with van der Waals surface area (Å²) in [5, 5.41) is 0. The van der Waals surface area contributed by atoms with E-state index >= 15 is 0 Å². The SMILES string of the molecule is [C]#CC#CC#CCC=C. The van der Waals surface area contributed by atoms with Crippen LogP contribution in [0.1, 0.15) is 6.42 Å². The highest BCUT2D eigenvalue weighted by atomic mass is 13.6. The van der Waals surface area contributed by atoms with E-state index in [9.17, 15) is 0 Å². The molecule has 41 valence electrons. The molecule has 1 radical (unpaired) electrons. The lowest BCUT2D eigenvalue weighted by molar-refractivity contribution is 1.49. The molecule has 0 nitrogen and oxygen atoms in total. The van der Waals surface area contributed by atoms with Gasteiger partial charge < -0.3 is 0 Å². The number of hydrogen-bond donors (Lipinski definition) is 0. The molecule has 0 aromatic heterocycles. The van der Waals surface area contributed by atoms with Crippen LogP contribution in [0.5, 0.6) is 0 Å². The second-order valence-electron chi connectivity index (χ2n) is 1.17. The second kappa shape index (κ2) is 6.42. The predicted octanol–water partition coefficient (Wildman–Crippen LogP) is 1.16. The maximum Gasteiger partial charge on any atom is 0.0277 e. The van der Waals surface area contributed by atoms with Crippen LogP contribution in [0.15, 0.2) is 12.7 Å². The fraction of sp³-hybridized carbons (Fsp3) is 0.111.